The molecule has 8 heteroatoms. The lowest BCUT2D eigenvalue weighted by Crippen LogP contribution is -2.56. The van der Waals surface area contributed by atoms with Crippen LogP contribution < -0.4 is 0 Å². The third kappa shape index (κ3) is 5.14. The fourth-order valence-electron chi connectivity index (χ4n) is 3.58. The van der Waals surface area contributed by atoms with Gasteiger partial charge in [0.1, 0.15) is 11.7 Å². The van der Waals surface area contributed by atoms with Crippen LogP contribution in [0.15, 0.2) is 0 Å². The molecule has 3 saturated heterocycles. The monoisotopic (exact) mass is 376 g/mol. The first-order valence-corrected chi connectivity index (χ1v) is 9.51. The molecule has 0 amide bonds. The van der Waals surface area contributed by atoms with E-state index in [-0.39, 0.29) is 18.5 Å². The summed E-state index contributed by atoms with van der Waals surface area (Å²) in [6.07, 6.45) is 0.278. The summed E-state index contributed by atoms with van der Waals surface area (Å²) >= 11 is 0. The van der Waals surface area contributed by atoms with E-state index in [2.05, 4.69) is 0 Å². The van der Waals surface area contributed by atoms with Gasteiger partial charge >= 0.3 is 0 Å². The molecular formula is C18H32O8. The maximum absolute atomic E-state index is 6.07. The van der Waals surface area contributed by atoms with Crippen LogP contribution in [0.2, 0.25) is 0 Å². The number of hydrogen-bond acceptors (Lipinski definition) is 8. The quantitative estimate of drug-likeness (QED) is 0.469. The molecule has 0 aliphatic carbocycles. The second kappa shape index (κ2) is 9.25. The molecule has 0 N–H and O–H groups in total. The highest BCUT2D eigenvalue weighted by molar-refractivity contribution is 5.05. The van der Waals surface area contributed by atoms with Crippen molar-refractivity contribution in [3.8, 4) is 0 Å². The van der Waals surface area contributed by atoms with Crippen molar-refractivity contribution in [3.63, 3.8) is 0 Å². The second-order valence-electron chi connectivity index (χ2n) is 7.23. The first kappa shape index (κ1) is 20.4. The van der Waals surface area contributed by atoms with Crippen LogP contribution in [0.1, 0.15) is 27.2 Å². The predicted molar refractivity (Wildman–Crippen MR) is 90.9 cm³/mol. The second-order valence-corrected chi connectivity index (χ2v) is 7.23. The highest BCUT2D eigenvalue weighted by Crippen LogP contribution is 2.46. The van der Waals surface area contributed by atoms with Gasteiger partial charge in [-0.1, -0.05) is 0 Å². The van der Waals surface area contributed by atoms with E-state index in [9.17, 15) is 0 Å². The molecule has 2 bridgehead atoms. The fourth-order valence-corrected chi connectivity index (χ4v) is 3.58. The zero-order valence-electron chi connectivity index (χ0n) is 16.1. The minimum Gasteiger partial charge on any atom is -0.379 e. The third-order valence-corrected chi connectivity index (χ3v) is 4.67. The summed E-state index contributed by atoms with van der Waals surface area (Å²) in [5.41, 5.74) is -0.594. The summed E-state index contributed by atoms with van der Waals surface area (Å²) in [4.78, 5) is 0. The Balaban J connectivity index is 1.30. The fraction of sp³-hybridized carbons (Fsp3) is 1.00. The summed E-state index contributed by atoms with van der Waals surface area (Å²) in [5.74, 6) is -0.596. The molecule has 0 aromatic rings. The summed E-state index contributed by atoms with van der Waals surface area (Å²) in [7, 11) is 0. The molecule has 8 nitrogen and oxygen atoms in total. The van der Waals surface area contributed by atoms with Crippen LogP contribution >= 0.6 is 0 Å². The Morgan fingerprint density at radius 3 is 2.19 bits per heavy atom. The van der Waals surface area contributed by atoms with Crippen molar-refractivity contribution in [2.75, 3.05) is 59.5 Å². The van der Waals surface area contributed by atoms with Gasteiger partial charge in [0.2, 0.25) is 0 Å². The van der Waals surface area contributed by atoms with Gasteiger partial charge in [0.15, 0.2) is 12.1 Å². The topological polar surface area (TPSA) is 73.8 Å². The van der Waals surface area contributed by atoms with E-state index >= 15 is 0 Å². The Morgan fingerprint density at radius 2 is 1.50 bits per heavy atom. The number of rotatable bonds is 12. The Bertz CT molecular complexity index is 431. The lowest BCUT2D eigenvalue weighted by Gasteiger charge is -2.38. The van der Waals surface area contributed by atoms with E-state index in [1.165, 1.54) is 0 Å². The van der Waals surface area contributed by atoms with E-state index in [0.29, 0.717) is 65.9 Å². The van der Waals surface area contributed by atoms with Crippen LogP contribution in [0, 0.1) is 0 Å². The predicted octanol–water partition coefficient (Wildman–Crippen LogP) is 1.11. The molecule has 0 unspecified atom stereocenters. The van der Waals surface area contributed by atoms with Crippen LogP contribution in [-0.4, -0.2) is 89.3 Å². The standard InChI is InChI=1S/C18H32O8/c1-4-19-5-6-20-7-8-21-9-10-22-12-18-13-23-15(25-18)11-14-16(18)26-17(2,3)24-14/h14-16H,4-13H2,1-3H3/t14-,15+,16-,18+/m1/s1. The summed E-state index contributed by atoms with van der Waals surface area (Å²) in [6, 6.07) is 0. The summed E-state index contributed by atoms with van der Waals surface area (Å²) < 4.78 is 45.7. The van der Waals surface area contributed by atoms with Crippen molar-refractivity contribution in [2.24, 2.45) is 0 Å². The highest BCUT2D eigenvalue weighted by atomic mass is 16.8. The van der Waals surface area contributed by atoms with Crippen molar-refractivity contribution in [3.05, 3.63) is 0 Å². The molecular weight excluding hydrogens is 344 g/mol. The Morgan fingerprint density at radius 1 is 0.846 bits per heavy atom. The van der Waals surface area contributed by atoms with E-state index in [0.717, 1.165) is 0 Å². The van der Waals surface area contributed by atoms with Crippen molar-refractivity contribution >= 4 is 0 Å². The van der Waals surface area contributed by atoms with Gasteiger partial charge < -0.3 is 37.9 Å². The molecule has 3 rings (SSSR count). The van der Waals surface area contributed by atoms with Crippen LogP contribution in [0.25, 0.3) is 0 Å². The Kier molecular flexibility index (Phi) is 7.26. The van der Waals surface area contributed by atoms with Crippen LogP contribution in [-0.2, 0) is 37.9 Å². The SMILES string of the molecule is CCOCCOCCOCCOC[C@]12CO[C@H](C[C@H]3OC(C)(C)O[C@H]31)O2. The van der Waals surface area contributed by atoms with E-state index in [4.69, 9.17) is 37.9 Å². The lowest BCUT2D eigenvalue weighted by atomic mass is 9.91. The molecule has 0 spiro atoms. The van der Waals surface area contributed by atoms with E-state index in [1.807, 2.05) is 20.8 Å². The number of hydrogen-bond donors (Lipinski definition) is 0. The minimum absolute atomic E-state index is 0.0139. The van der Waals surface area contributed by atoms with Gasteiger partial charge in [-0.2, -0.15) is 0 Å². The largest absolute Gasteiger partial charge is 0.379 e. The summed E-state index contributed by atoms with van der Waals surface area (Å²) in [6.45, 7) is 10.7. The van der Waals surface area contributed by atoms with Gasteiger partial charge in [-0.05, 0) is 20.8 Å². The van der Waals surface area contributed by atoms with Crippen LogP contribution in [0.4, 0.5) is 0 Å². The molecule has 0 radical (unpaired) electrons. The van der Waals surface area contributed by atoms with E-state index < -0.39 is 11.4 Å². The van der Waals surface area contributed by atoms with Gasteiger partial charge in [-0.3, -0.25) is 0 Å². The Hall–Kier alpha value is -0.320. The summed E-state index contributed by atoms with van der Waals surface area (Å²) in [5, 5.41) is 0. The molecule has 3 fully saturated rings. The van der Waals surface area contributed by atoms with Crippen LogP contribution in [0.3, 0.4) is 0 Å². The van der Waals surface area contributed by atoms with Crippen molar-refractivity contribution < 1.29 is 37.9 Å². The van der Waals surface area contributed by atoms with Gasteiger partial charge in [0.25, 0.3) is 0 Å². The number of ether oxygens (including phenoxy) is 8. The zero-order valence-corrected chi connectivity index (χ0v) is 16.1. The normalized spacial score (nSPS) is 35.0. The number of fused-ring (bicyclic) bond motifs is 4. The average molecular weight is 376 g/mol. The van der Waals surface area contributed by atoms with Gasteiger partial charge in [0.05, 0.1) is 59.0 Å². The molecule has 0 aromatic heterocycles. The highest BCUT2D eigenvalue weighted by Gasteiger charge is 2.61. The van der Waals surface area contributed by atoms with Gasteiger partial charge in [-0.15, -0.1) is 0 Å². The van der Waals surface area contributed by atoms with Crippen molar-refractivity contribution in [2.45, 2.75) is 57.1 Å². The molecule has 3 heterocycles. The van der Waals surface area contributed by atoms with Crippen LogP contribution in [0.5, 0.6) is 0 Å². The van der Waals surface area contributed by atoms with Gasteiger partial charge in [-0.25, -0.2) is 0 Å². The average Bonchev–Trinajstić information content (AvgIpc) is 3.11. The molecule has 26 heavy (non-hydrogen) atoms. The molecule has 3 aliphatic heterocycles. The smallest absolute Gasteiger partial charge is 0.163 e. The molecule has 3 aliphatic rings. The first-order valence-electron chi connectivity index (χ1n) is 9.51. The first-order chi connectivity index (χ1) is 12.5. The zero-order chi connectivity index (χ0) is 18.5. The van der Waals surface area contributed by atoms with Gasteiger partial charge in [0, 0.05) is 13.0 Å². The lowest BCUT2D eigenvalue weighted by molar-refractivity contribution is -0.204. The molecule has 152 valence electrons. The molecule has 4 atom stereocenters. The molecule has 0 saturated carbocycles. The van der Waals surface area contributed by atoms with Crippen molar-refractivity contribution in [1.82, 2.24) is 0 Å². The third-order valence-electron chi connectivity index (χ3n) is 4.67. The minimum atomic E-state index is -0.596. The maximum Gasteiger partial charge on any atom is 0.163 e. The Labute approximate surface area is 155 Å². The maximum atomic E-state index is 6.07. The van der Waals surface area contributed by atoms with E-state index in [1.54, 1.807) is 0 Å². The molecule has 0 aromatic carbocycles. The van der Waals surface area contributed by atoms with Crippen molar-refractivity contribution in [1.29, 1.82) is 0 Å².